The summed E-state index contributed by atoms with van der Waals surface area (Å²) in [5.74, 6) is 0.182. The van der Waals surface area contributed by atoms with Crippen LogP contribution in [0.2, 0.25) is 0 Å². The highest BCUT2D eigenvalue weighted by atomic mass is 32.2. The van der Waals surface area contributed by atoms with Crippen molar-refractivity contribution in [3.63, 3.8) is 0 Å². The third kappa shape index (κ3) is 13.4. The van der Waals surface area contributed by atoms with Crippen molar-refractivity contribution >= 4 is 37.5 Å². The van der Waals surface area contributed by atoms with Crippen molar-refractivity contribution in [3.8, 4) is 0 Å². The number of rotatable bonds is 24. The predicted molar refractivity (Wildman–Crippen MR) is 161 cm³/mol. The Morgan fingerprint density at radius 1 is 0.919 bits per heavy atom. The van der Waals surface area contributed by atoms with Crippen LogP contribution in [-0.4, -0.2) is 44.0 Å². The molecule has 37 heavy (non-hydrogen) atoms. The molecule has 5 nitrogen and oxygen atoms in total. The van der Waals surface area contributed by atoms with Crippen molar-refractivity contribution in [1.29, 1.82) is 0 Å². The molecule has 0 amide bonds. The number of aliphatic carboxylic acids is 1. The van der Waals surface area contributed by atoms with Crippen LogP contribution >= 0.6 is 31.6 Å². The van der Waals surface area contributed by atoms with Gasteiger partial charge >= 0.3 is 18.7 Å². The van der Waals surface area contributed by atoms with Gasteiger partial charge in [0.25, 0.3) is 0 Å². The second-order valence-electron chi connectivity index (χ2n) is 9.72. The molecule has 4 unspecified atom stereocenters. The largest absolute Gasteiger partial charge is 0.566 e. The molecule has 0 radical (unpaired) electrons. The van der Waals surface area contributed by atoms with E-state index < -0.39 is 18.7 Å². The first-order valence-corrected chi connectivity index (χ1v) is 17.5. The second kappa shape index (κ2) is 21.3. The topological polar surface area (TPSA) is 83.8 Å². The number of benzene rings is 1. The van der Waals surface area contributed by atoms with Crippen LogP contribution in [0.5, 0.6) is 0 Å². The van der Waals surface area contributed by atoms with Crippen LogP contribution in [0.25, 0.3) is 0 Å². The number of unbranched alkanes of at least 4 members (excludes halogenated alkanes) is 9. The molecule has 0 heterocycles. The van der Waals surface area contributed by atoms with E-state index in [4.69, 9.17) is 4.74 Å². The zero-order valence-electron chi connectivity index (χ0n) is 23.2. The van der Waals surface area contributed by atoms with Crippen LogP contribution in [0.4, 0.5) is 0 Å². The standard InChI is InChI=1S/C29H49O5PS2/c1-4-7-8-9-10-11-12-13-14-18-23-36-27(19-5-2)26(25-20-16-15-17-21-25)24-37-29(28(30)31,35(32)33)34-22-6-3/h15-17,20-21,26-27H,4-14,18-19,22-24H2,1-3H3,(H-,30,31,32,33)/p+1. The maximum Gasteiger partial charge on any atom is 0.566 e. The van der Waals surface area contributed by atoms with Crippen LogP contribution in [0.1, 0.15) is 116 Å². The number of thioether (sulfide) groups is 2. The quantitative estimate of drug-likeness (QED) is 0.0724. The highest BCUT2D eigenvalue weighted by Gasteiger charge is 2.60. The molecular formula is C29H50O5PS2+. The van der Waals surface area contributed by atoms with Crippen LogP contribution < -0.4 is 0 Å². The minimum absolute atomic E-state index is 0.0678. The van der Waals surface area contributed by atoms with E-state index in [0.29, 0.717) is 17.4 Å². The maximum absolute atomic E-state index is 12.2. The maximum atomic E-state index is 12.2. The zero-order valence-corrected chi connectivity index (χ0v) is 25.8. The lowest BCUT2D eigenvalue weighted by Gasteiger charge is -2.28. The molecule has 0 aliphatic heterocycles. The Balaban J connectivity index is 2.75. The molecule has 2 N–H and O–H groups in total. The van der Waals surface area contributed by atoms with E-state index in [-0.39, 0.29) is 12.5 Å². The summed E-state index contributed by atoms with van der Waals surface area (Å²) in [6, 6.07) is 10.2. The second-order valence-corrected chi connectivity index (χ2v) is 13.7. The molecule has 0 saturated carbocycles. The molecule has 0 aromatic heterocycles. The lowest BCUT2D eigenvalue weighted by atomic mass is 9.95. The molecule has 0 saturated heterocycles. The van der Waals surface area contributed by atoms with Gasteiger partial charge in [0.2, 0.25) is 0 Å². The molecule has 0 aliphatic carbocycles. The van der Waals surface area contributed by atoms with Crippen molar-refractivity contribution < 1.29 is 24.1 Å². The third-order valence-electron chi connectivity index (χ3n) is 6.56. The van der Waals surface area contributed by atoms with Gasteiger partial charge in [0, 0.05) is 16.9 Å². The van der Waals surface area contributed by atoms with Crippen LogP contribution in [-0.2, 0) is 14.1 Å². The Labute approximate surface area is 235 Å². The molecular weight excluding hydrogens is 523 g/mol. The Bertz CT molecular complexity index is 720. The van der Waals surface area contributed by atoms with E-state index in [1.54, 1.807) is 0 Å². The van der Waals surface area contributed by atoms with Gasteiger partial charge in [0.1, 0.15) is 0 Å². The number of carboxylic acids is 1. The number of carbonyl (C=O) groups is 1. The highest BCUT2D eigenvalue weighted by Crippen LogP contribution is 2.49. The van der Waals surface area contributed by atoms with Crippen molar-refractivity contribution in [2.24, 2.45) is 0 Å². The zero-order chi connectivity index (χ0) is 27.4. The Kier molecular flexibility index (Phi) is 19.8. The molecule has 4 atom stereocenters. The average molecular weight is 574 g/mol. The summed E-state index contributed by atoms with van der Waals surface area (Å²) in [4.78, 5) is 22.1. The minimum Gasteiger partial charge on any atom is -0.475 e. The molecule has 0 spiro atoms. The normalized spacial score (nSPS) is 15.2. The molecule has 1 rings (SSSR count). The van der Waals surface area contributed by atoms with Crippen molar-refractivity contribution in [3.05, 3.63) is 35.9 Å². The first-order chi connectivity index (χ1) is 17.9. The van der Waals surface area contributed by atoms with Crippen LogP contribution in [0.15, 0.2) is 30.3 Å². The summed E-state index contributed by atoms with van der Waals surface area (Å²) in [5.41, 5.74) is 1.15. The summed E-state index contributed by atoms with van der Waals surface area (Å²) >= 11 is 2.95. The van der Waals surface area contributed by atoms with E-state index in [9.17, 15) is 19.4 Å². The van der Waals surface area contributed by atoms with Gasteiger partial charge in [-0.25, -0.2) is 4.79 Å². The van der Waals surface area contributed by atoms with E-state index in [1.807, 2.05) is 36.9 Å². The molecule has 0 bridgehead atoms. The predicted octanol–water partition coefficient (Wildman–Crippen LogP) is 9.23. The highest BCUT2D eigenvalue weighted by molar-refractivity contribution is 8.06. The van der Waals surface area contributed by atoms with Crippen LogP contribution in [0, 0.1) is 0 Å². The Hall–Kier alpha value is -0.590. The Morgan fingerprint density at radius 2 is 1.51 bits per heavy atom. The summed E-state index contributed by atoms with van der Waals surface area (Å²) in [6.07, 6.45) is 15.8. The molecule has 1 aromatic carbocycles. The SMILES string of the molecule is CCCCCCCCCCCCSC(CCC)C(CSC(OCCC)(C(=O)O)[P+](=O)O)c1ccccc1. The Morgan fingerprint density at radius 3 is 2.03 bits per heavy atom. The van der Waals surface area contributed by atoms with Gasteiger partial charge in [-0.15, -0.1) is 0 Å². The van der Waals surface area contributed by atoms with E-state index >= 15 is 0 Å². The molecule has 212 valence electrons. The fraction of sp³-hybridized carbons (Fsp3) is 0.759. The third-order valence-corrected chi connectivity index (χ3v) is 11.0. The smallest absolute Gasteiger partial charge is 0.475 e. The first-order valence-electron chi connectivity index (χ1n) is 14.3. The monoisotopic (exact) mass is 573 g/mol. The van der Waals surface area contributed by atoms with Crippen molar-refractivity contribution in [1.82, 2.24) is 0 Å². The average Bonchev–Trinajstić information content (AvgIpc) is 2.89. The lowest BCUT2D eigenvalue weighted by Crippen LogP contribution is -2.36. The number of ether oxygens (including phenoxy) is 1. The lowest BCUT2D eigenvalue weighted by molar-refractivity contribution is -0.147. The van der Waals surface area contributed by atoms with Gasteiger partial charge < -0.3 is 9.84 Å². The van der Waals surface area contributed by atoms with Gasteiger partial charge in [-0.3, -0.25) is 0 Å². The van der Waals surface area contributed by atoms with Gasteiger partial charge in [-0.1, -0.05) is 127 Å². The summed E-state index contributed by atoms with van der Waals surface area (Å²) in [7, 11) is -3.07. The molecule has 8 heteroatoms. The van der Waals surface area contributed by atoms with Gasteiger partial charge in [0.15, 0.2) is 0 Å². The minimum atomic E-state index is -3.07. The fourth-order valence-corrected chi connectivity index (χ4v) is 8.26. The van der Waals surface area contributed by atoms with Gasteiger partial charge in [-0.05, 0) is 35.1 Å². The van der Waals surface area contributed by atoms with Crippen LogP contribution in [0.3, 0.4) is 0 Å². The van der Waals surface area contributed by atoms with Gasteiger partial charge in [0.05, 0.1) is 6.61 Å². The summed E-state index contributed by atoms with van der Waals surface area (Å²) in [5, 5.41) is 10.2. The molecule has 0 fully saturated rings. The molecule has 1 aromatic rings. The number of hydrogen-bond donors (Lipinski definition) is 2. The first kappa shape index (κ1) is 34.4. The van der Waals surface area contributed by atoms with Gasteiger partial charge in [-0.2, -0.15) is 16.7 Å². The fourth-order valence-electron chi connectivity index (χ4n) is 4.43. The van der Waals surface area contributed by atoms with Crippen molar-refractivity contribution in [2.45, 2.75) is 120 Å². The van der Waals surface area contributed by atoms with E-state index in [1.165, 1.54) is 64.2 Å². The van der Waals surface area contributed by atoms with E-state index in [2.05, 4.69) is 26.0 Å². The number of carboxylic acid groups (broad SMARTS) is 1. The molecule has 0 aliphatic rings. The number of hydrogen-bond acceptors (Lipinski definition) is 5. The summed E-state index contributed by atoms with van der Waals surface area (Å²) in [6.45, 7) is 6.42. The summed E-state index contributed by atoms with van der Waals surface area (Å²) < 4.78 is 15.6. The van der Waals surface area contributed by atoms with E-state index in [0.717, 1.165) is 35.9 Å². The van der Waals surface area contributed by atoms with Crippen molar-refractivity contribution in [2.75, 3.05) is 18.1 Å².